The van der Waals surface area contributed by atoms with Crippen LogP contribution in [-0.4, -0.2) is 18.6 Å². The molecule has 7 heteroatoms. The zero-order valence-electron chi connectivity index (χ0n) is 8.28. The van der Waals surface area contributed by atoms with E-state index < -0.39 is 12.5 Å². The third kappa shape index (κ3) is 3.20. The van der Waals surface area contributed by atoms with Crippen LogP contribution in [0.2, 0.25) is 0 Å². The van der Waals surface area contributed by atoms with Crippen molar-refractivity contribution in [1.29, 1.82) is 0 Å². The number of phenolic OH excluding ortho intramolecular Hbond substituents is 1. The quantitative estimate of drug-likeness (QED) is 0.901. The van der Waals surface area contributed by atoms with Gasteiger partial charge in [0.2, 0.25) is 0 Å². The Labute approximate surface area is 106 Å². The minimum absolute atomic E-state index is 0. The molecule has 0 radical (unpaired) electrons. The molecule has 0 bridgehead atoms. The summed E-state index contributed by atoms with van der Waals surface area (Å²) in [6.45, 7) is 0. The number of hydrogen-bond acceptors (Lipinski definition) is 3. The number of methoxy groups -OCH3 is 1. The SMILES string of the molecule is COc1cc(Br)c(O)c([C@@H](N)C(F)F)c1.Cl. The van der Waals surface area contributed by atoms with Gasteiger partial charge in [-0.25, -0.2) is 8.78 Å². The largest absolute Gasteiger partial charge is 0.506 e. The molecule has 0 aliphatic heterocycles. The van der Waals surface area contributed by atoms with Gasteiger partial charge in [-0.3, -0.25) is 0 Å². The zero-order chi connectivity index (χ0) is 11.6. The van der Waals surface area contributed by atoms with Crippen LogP contribution < -0.4 is 10.5 Å². The fourth-order valence-corrected chi connectivity index (χ4v) is 1.56. The van der Waals surface area contributed by atoms with Gasteiger partial charge in [-0.1, -0.05) is 0 Å². The highest BCUT2D eigenvalue weighted by Crippen LogP contribution is 2.36. The number of alkyl halides is 2. The number of ether oxygens (including phenoxy) is 1. The van der Waals surface area contributed by atoms with Crippen molar-refractivity contribution >= 4 is 28.3 Å². The molecule has 16 heavy (non-hydrogen) atoms. The van der Waals surface area contributed by atoms with Gasteiger partial charge in [0.25, 0.3) is 6.43 Å². The maximum Gasteiger partial charge on any atom is 0.257 e. The van der Waals surface area contributed by atoms with Crippen LogP contribution >= 0.6 is 28.3 Å². The first-order valence-corrected chi connectivity index (χ1v) is 4.86. The maximum absolute atomic E-state index is 12.4. The predicted molar refractivity (Wildman–Crippen MR) is 62.5 cm³/mol. The maximum atomic E-state index is 12.4. The fraction of sp³-hybridized carbons (Fsp3) is 0.333. The Morgan fingerprint density at radius 1 is 1.44 bits per heavy atom. The Hall–Kier alpha value is -0.590. The molecule has 0 spiro atoms. The van der Waals surface area contributed by atoms with Crippen LogP contribution in [0.1, 0.15) is 11.6 Å². The highest BCUT2D eigenvalue weighted by atomic mass is 79.9. The average molecular weight is 319 g/mol. The third-order valence-corrected chi connectivity index (χ3v) is 2.54. The van der Waals surface area contributed by atoms with E-state index in [4.69, 9.17) is 10.5 Å². The molecule has 1 aromatic rings. The second-order valence-electron chi connectivity index (χ2n) is 2.91. The van der Waals surface area contributed by atoms with Crippen LogP contribution in [0.15, 0.2) is 16.6 Å². The summed E-state index contributed by atoms with van der Waals surface area (Å²) >= 11 is 3.02. The normalized spacial score (nSPS) is 12.1. The van der Waals surface area contributed by atoms with Crippen LogP contribution in [-0.2, 0) is 0 Å². The van der Waals surface area contributed by atoms with Gasteiger partial charge in [0.05, 0.1) is 17.6 Å². The number of phenols is 1. The van der Waals surface area contributed by atoms with Crippen LogP contribution in [0, 0.1) is 0 Å². The Balaban J connectivity index is 0.00000225. The van der Waals surface area contributed by atoms with Crippen molar-refractivity contribution in [1.82, 2.24) is 0 Å². The van der Waals surface area contributed by atoms with E-state index in [-0.39, 0.29) is 28.2 Å². The molecule has 0 aliphatic carbocycles. The molecule has 3 N–H and O–H groups in total. The minimum Gasteiger partial charge on any atom is -0.506 e. The molecule has 1 rings (SSSR count). The second kappa shape index (κ2) is 6.22. The van der Waals surface area contributed by atoms with Gasteiger partial charge in [0, 0.05) is 5.56 Å². The lowest BCUT2D eigenvalue weighted by molar-refractivity contribution is 0.115. The first kappa shape index (κ1) is 15.4. The summed E-state index contributed by atoms with van der Waals surface area (Å²) in [5, 5.41) is 9.52. The number of rotatable bonds is 3. The van der Waals surface area contributed by atoms with E-state index in [0.717, 1.165) is 0 Å². The van der Waals surface area contributed by atoms with Crippen molar-refractivity contribution in [2.24, 2.45) is 5.73 Å². The molecule has 92 valence electrons. The molecule has 1 atom stereocenters. The van der Waals surface area contributed by atoms with E-state index in [9.17, 15) is 13.9 Å². The topological polar surface area (TPSA) is 55.5 Å². The summed E-state index contributed by atoms with van der Waals surface area (Å²) in [6, 6.07) is 1.23. The third-order valence-electron chi connectivity index (χ3n) is 1.93. The molecule has 0 saturated heterocycles. The molecule has 0 heterocycles. The number of nitrogens with two attached hydrogens (primary N) is 1. The lowest BCUT2D eigenvalue weighted by Gasteiger charge is -2.14. The van der Waals surface area contributed by atoms with Crippen LogP contribution in [0.4, 0.5) is 8.78 Å². The number of benzene rings is 1. The predicted octanol–water partition coefficient (Wildman–Crippen LogP) is 2.85. The Bertz CT molecular complexity index is 366. The summed E-state index contributed by atoms with van der Waals surface area (Å²) in [5.41, 5.74) is 5.20. The summed E-state index contributed by atoms with van der Waals surface area (Å²) < 4.78 is 29.9. The molecule has 0 saturated carbocycles. The lowest BCUT2D eigenvalue weighted by Crippen LogP contribution is -2.19. The van der Waals surface area contributed by atoms with E-state index in [1.165, 1.54) is 19.2 Å². The second-order valence-corrected chi connectivity index (χ2v) is 3.76. The molecule has 0 unspecified atom stereocenters. The molecule has 1 aromatic carbocycles. The van der Waals surface area contributed by atoms with Gasteiger partial charge in [0.1, 0.15) is 11.5 Å². The molecule has 0 amide bonds. The van der Waals surface area contributed by atoms with Gasteiger partial charge >= 0.3 is 0 Å². The van der Waals surface area contributed by atoms with Gasteiger partial charge < -0.3 is 15.6 Å². The summed E-state index contributed by atoms with van der Waals surface area (Å²) in [4.78, 5) is 0. The summed E-state index contributed by atoms with van der Waals surface area (Å²) in [5.74, 6) is 0.0642. The smallest absolute Gasteiger partial charge is 0.257 e. The van der Waals surface area contributed by atoms with E-state index in [1.807, 2.05) is 0 Å². The van der Waals surface area contributed by atoms with Crippen molar-refractivity contribution in [3.05, 3.63) is 22.2 Å². The number of aromatic hydroxyl groups is 1. The molecule has 0 aliphatic rings. The number of hydrogen-bond donors (Lipinski definition) is 2. The molecular weight excluding hydrogens is 307 g/mol. The Morgan fingerprint density at radius 2 is 2.00 bits per heavy atom. The number of halogens is 4. The Kier molecular flexibility index (Phi) is 5.99. The van der Waals surface area contributed by atoms with Crippen molar-refractivity contribution in [3.8, 4) is 11.5 Å². The van der Waals surface area contributed by atoms with Gasteiger partial charge in [-0.15, -0.1) is 12.4 Å². The van der Waals surface area contributed by atoms with Crippen molar-refractivity contribution in [3.63, 3.8) is 0 Å². The van der Waals surface area contributed by atoms with E-state index in [0.29, 0.717) is 5.75 Å². The van der Waals surface area contributed by atoms with Crippen LogP contribution in [0.3, 0.4) is 0 Å². The monoisotopic (exact) mass is 317 g/mol. The highest BCUT2D eigenvalue weighted by Gasteiger charge is 2.22. The molecule has 3 nitrogen and oxygen atoms in total. The van der Waals surface area contributed by atoms with Crippen molar-refractivity contribution < 1.29 is 18.6 Å². The van der Waals surface area contributed by atoms with Crippen LogP contribution in [0.5, 0.6) is 11.5 Å². The van der Waals surface area contributed by atoms with E-state index in [1.54, 1.807) is 0 Å². The average Bonchev–Trinajstić information content (AvgIpc) is 2.20. The molecular formula is C9H11BrClF2NO2. The summed E-state index contributed by atoms with van der Waals surface area (Å²) in [6.07, 6.45) is -2.74. The van der Waals surface area contributed by atoms with E-state index in [2.05, 4.69) is 15.9 Å². The fourth-order valence-electron chi connectivity index (χ4n) is 1.10. The minimum atomic E-state index is -2.74. The summed E-state index contributed by atoms with van der Waals surface area (Å²) in [7, 11) is 1.40. The first-order valence-electron chi connectivity index (χ1n) is 4.07. The lowest BCUT2D eigenvalue weighted by atomic mass is 10.1. The van der Waals surface area contributed by atoms with Crippen molar-refractivity contribution in [2.75, 3.05) is 7.11 Å². The Morgan fingerprint density at radius 3 is 2.44 bits per heavy atom. The van der Waals surface area contributed by atoms with E-state index >= 15 is 0 Å². The zero-order valence-corrected chi connectivity index (χ0v) is 10.7. The standard InChI is InChI=1S/C9H10BrF2NO2.ClH/c1-15-4-2-5(7(13)9(11)12)8(14)6(10)3-4;/h2-3,7,9,14H,13H2,1H3;1H/t7-;/m1./s1. The van der Waals surface area contributed by atoms with Gasteiger partial charge in [-0.2, -0.15) is 0 Å². The van der Waals surface area contributed by atoms with Gasteiger partial charge in [0.15, 0.2) is 0 Å². The van der Waals surface area contributed by atoms with Crippen LogP contribution in [0.25, 0.3) is 0 Å². The first-order chi connectivity index (χ1) is 6.97. The highest BCUT2D eigenvalue weighted by molar-refractivity contribution is 9.10. The molecule has 0 aromatic heterocycles. The van der Waals surface area contributed by atoms with Gasteiger partial charge in [-0.05, 0) is 28.1 Å². The van der Waals surface area contributed by atoms with Crippen molar-refractivity contribution in [2.45, 2.75) is 12.5 Å². The molecule has 0 fully saturated rings.